The number of hydrogen-bond acceptors (Lipinski definition) is 2. The minimum atomic E-state index is 0. The molecule has 1 heterocycles. The fourth-order valence-electron chi connectivity index (χ4n) is 3.20. The van der Waals surface area contributed by atoms with E-state index in [4.69, 9.17) is 0 Å². The van der Waals surface area contributed by atoms with Gasteiger partial charge in [0.15, 0.2) is 0 Å². The Balaban J connectivity index is 0.00000312. The van der Waals surface area contributed by atoms with Crippen LogP contribution in [0.4, 0.5) is 0 Å². The molecule has 1 aromatic rings. The maximum atomic E-state index is 4.24. The monoisotopic (exact) mass is 326 g/mol. The number of hydrogen-bond donors (Lipinski definition) is 1. The van der Waals surface area contributed by atoms with Gasteiger partial charge in [0.1, 0.15) is 0 Å². The predicted octanol–water partition coefficient (Wildman–Crippen LogP) is 3.53. The van der Waals surface area contributed by atoms with Crippen molar-refractivity contribution in [2.75, 3.05) is 26.2 Å². The smallest absolute Gasteiger partial charge is 0.0341 e. The fraction of sp³-hybridized carbons (Fsp3) is 0.455. The normalized spacial score (nSPS) is 17.5. The van der Waals surface area contributed by atoms with Crippen molar-refractivity contribution in [3.05, 3.63) is 52.9 Å². The summed E-state index contributed by atoms with van der Waals surface area (Å²) in [5, 5.41) is 6.00. The zero-order valence-electron chi connectivity index (χ0n) is 15.6. The largest absolute Gasteiger partial charge is 0.384 e. The molecular formula is C22H34N2. The van der Waals surface area contributed by atoms with E-state index in [1.165, 1.54) is 48.4 Å². The molecular weight excluding hydrogens is 292 g/mol. The first-order chi connectivity index (χ1) is 11.5. The van der Waals surface area contributed by atoms with Crippen molar-refractivity contribution in [1.82, 2.24) is 10.2 Å². The first kappa shape index (κ1) is 18.5. The summed E-state index contributed by atoms with van der Waals surface area (Å²) in [5.41, 5.74) is 4.52. The number of piperidine rings is 1. The van der Waals surface area contributed by atoms with Crippen LogP contribution in [0.15, 0.2) is 36.9 Å². The van der Waals surface area contributed by atoms with Crippen LogP contribution in [0.1, 0.15) is 47.0 Å². The van der Waals surface area contributed by atoms with Gasteiger partial charge < -0.3 is 10.2 Å². The summed E-state index contributed by atoms with van der Waals surface area (Å²) in [6.07, 6.45) is 6.22. The molecule has 0 aliphatic carbocycles. The fourth-order valence-corrected chi connectivity index (χ4v) is 3.20. The van der Waals surface area contributed by atoms with Crippen LogP contribution in [-0.2, 0) is 0 Å². The quantitative estimate of drug-likeness (QED) is 0.860. The Bertz CT molecular complexity index is 712. The minimum absolute atomic E-state index is 0. The Morgan fingerprint density at radius 1 is 1.21 bits per heavy atom. The highest BCUT2D eigenvalue weighted by atomic mass is 15.1. The third-order valence-electron chi connectivity index (χ3n) is 4.97. The van der Waals surface area contributed by atoms with E-state index in [-0.39, 0.29) is 1.43 Å². The number of rotatable bonds is 6. The molecule has 1 aromatic carbocycles. The zero-order valence-corrected chi connectivity index (χ0v) is 15.6. The number of benzene rings is 1. The molecule has 1 saturated heterocycles. The molecule has 0 amide bonds. The van der Waals surface area contributed by atoms with E-state index < -0.39 is 0 Å². The Morgan fingerprint density at radius 2 is 1.92 bits per heavy atom. The third kappa shape index (κ3) is 4.85. The van der Waals surface area contributed by atoms with Crippen LogP contribution in [-0.4, -0.2) is 31.1 Å². The molecule has 1 fully saturated rings. The standard InChI is InChI=1S/C22H32N2.H2/c1-6-20-10-11-21(16-22(20)18(4)17(2)3)19(5)23-12-15-24-13-8-7-9-14-24;/h6,10-11,16,23H,2,5,7-9,12-15H2,1,3-4H3;1H/b20-6+,22-18-;. The van der Waals surface area contributed by atoms with E-state index in [9.17, 15) is 0 Å². The van der Waals surface area contributed by atoms with Crippen LogP contribution in [0.2, 0.25) is 0 Å². The highest BCUT2D eigenvalue weighted by Crippen LogP contribution is 2.09. The second kappa shape index (κ2) is 8.89. The predicted molar refractivity (Wildman–Crippen MR) is 109 cm³/mol. The maximum absolute atomic E-state index is 4.24. The molecule has 24 heavy (non-hydrogen) atoms. The van der Waals surface area contributed by atoms with Gasteiger partial charge in [-0.2, -0.15) is 0 Å². The lowest BCUT2D eigenvalue weighted by Crippen LogP contribution is -2.35. The number of nitrogens with zero attached hydrogens (tertiary/aromatic N) is 1. The van der Waals surface area contributed by atoms with Crippen molar-refractivity contribution in [2.45, 2.75) is 40.0 Å². The molecule has 0 atom stereocenters. The first-order valence-electron chi connectivity index (χ1n) is 9.11. The van der Waals surface area contributed by atoms with Crippen molar-refractivity contribution in [2.24, 2.45) is 0 Å². The molecule has 0 bridgehead atoms. The van der Waals surface area contributed by atoms with Gasteiger partial charge in [0, 0.05) is 20.2 Å². The van der Waals surface area contributed by atoms with Crippen LogP contribution in [0.3, 0.4) is 0 Å². The molecule has 0 unspecified atom stereocenters. The van der Waals surface area contributed by atoms with Crippen LogP contribution >= 0.6 is 0 Å². The van der Waals surface area contributed by atoms with Gasteiger partial charge in [-0.15, -0.1) is 0 Å². The van der Waals surface area contributed by atoms with Gasteiger partial charge in [-0.1, -0.05) is 43.4 Å². The Hall–Kier alpha value is -1.80. The SMILES string of the molecule is C=C(C)/C(C)=c1/cc(C(=C)NCCN2CCCCC2)cc/c1=C\C.[HH]. The summed E-state index contributed by atoms with van der Waals surface area (Å²) in [4.78, 5) is 2.54. The van der Waals surface area contributed by atoms with Crippen LogP contribution < -0.4 is 15.8 Å². The Kier molecular flexibility index (Phi) is 6.86. The van der Waals surface area contributed by atoms with Gasteiger partial charge in [0.05, 0.1) is 0 Å². The molecule has 1 N–H and O–H groups in total. The molecule has 1 aliphatic heterocycles. The van der Waals surface area contributed by atoms with Gasteiger partial charge in [-0.3, -0.25) is 0 Å². The lowest BCUT2D eigenvalue weighted by atomic mass is 10.0. The Morgan fingerprint density at radius 3 is 2.54 bits per heavy atom. The van der Waals surface area contributed by atoms with Crippen LogP contribution in [0.5, 0.6) is 0 Å². The van der Waals surface area contributed by atoms with Gasteiger partial charge >= 0.3 is 0 Å². The molecule has 2 heteroatoms. The highest BCUT2D eigenvalue weighted by Gasteiger charge is 2.09. The average Bonchev–Trinajstić information content (AvgIpc) is 2.61. The summed E-state index contributed by atoms with van der Waals surface area (Å²) in [5.74, 6) is 0. The van der Waals surface area contributed by atoms with E-state index in [1.807, 2.05) is 0 Å². The lowest BCUT2D eigenvalue weighted by molar-refractivity contribution is 0.232. The first-order valence-corrected chi connectivity index (χ1v) is 9.11. The summed E-state index contributed by atoms with van der Waals surface area (Å²) >= 11 is 0. The summed E-state index contributed by atoms with van der Waals surface area (Å²) in [6, 6.07) is 6.56. The molecule has 0 radical (unpaired) electrons. The van der Waals surface area contributed by atoms with Gasteiger partial charge in [-0.25, -0.2) is 0 Å². The molecule has 1 aliphatic rings. The minimum Gasteiger partial charge on any atom is -0.384 e. The summed E-state index contributed by atoms with van der Waals surface area (Å²) < 4.78 is 0. The van der Waals surface area contributed by atoms with E-state index in [2.05, 4.69) is 68.4 Å². The van der Waals surface area contributed by atoms with Crippen molar-refractivity contribution in [3.8, 4) is 0 Å². The van der Waals surface area contributed by atoms with Crippen molar-refractivity contribution >= 4 is 17.3 Å². The molecule has 0 spiro atoms. The molecule has 132 valence electrons. The van der Waals surface area contributed by atoms with Gasteiger partial charge in [-0.05, 0) is 74.3 Å². The summed E-state index contributed by atoms with van der Waals surface area (Å²) in [6.45, 7) is 19.1. The molecule has 2 rings (SSSR count). The average molecular weight is 327 g/mol. The third-order valence-corrected chi connectivity index (χ3v) is 4.97. The van der Waals surface area contributed by atoms with Crippen LogP contribution in [0, 0.1) is 0 Å². The molecule has 0 aromatic heterocycles. The lowest BCUT2D eigenvalue weighted by Gasteiger charge is -2.26. The topological polar surface area (TPSA) is 15.3 Å². The maximum Gasteiger partial charge on any atom is 0.0341 e. The van der Waals surface area contributed by atoms with Crippen molar-refractivity contribution in [3.63, 3.8) is 0 Å². The van der Waals surface area contributed by atoms with Gasteiger partial charge in [0.2, 0.25) is 0 Å². The van der Waals surface area contributed by atoms with Gasteiger partial charge in [0.25, 0.3) is 0 Å². The van der Waals surface area contributed by atoms with Crippen molar-refractivity contribution < 1.29 is 1.43 Å². The van der Waals surface area contributed by atoms with E-state index in [1.54, 1.807) is 0 Å². The zero-order chi connectivity index (χ0) is 17.5. The number of likely N-dealkylation sites (tertiary alicyclic amines) is 1. The second-order valence-corrected chi connectivity index (χ2v) is 6.80. The number of nitrogens with one attached hydrogen (secondary N) is 1. The van der Waals surface area contributed by atoms with Crippen LogP contribution in [0.25, 0.3) is 17.3 Å². The van der Waals surface area contributed by atoms with Crippen molar-refractivity contribution in [1.29, 1.82) is 0 Å². The van der Waals surface area contributed by atoms with E-state index in [0.29, 0.717) is 0 Å². The Labute approximate surface area is 148 Å². The summed E-state index contributed by atoms with van der Waals surface area (Å²) in [7, 11) is 0. The van der Waals surface area contributed by atoms with E-state index >= 15 is 0 Å². The van der Waals surface area contributed by atoms with E-state index in [0.717, 1.165) is 29.9 Å². The highest BCUT2D eigenvalue weighted by molar-refractivity contribution is 5.65. The second-order valence-electron chi connectivity index (χ2n) is 6.80. The number of allylic oxidation sites excluding steroid dienone is 1. The molecule has 2 nitrogen and oxygen atoms in total. The molecule has 0 saturated carbocycles.